The summed E-state index contributed by atoms with van der Waals surface area (Å²) in [5.41, 5.74) is 0. The minimum atomic E-state index is 0.746. The number of rotatable bonds is 3. The second-order valence-corrected chi connectivity index (χ2v) is 6.61. The normalized spacial score (nSPS) is 42.9. The fourth-order valence-electron chi connectivity index (χ4n) is 4.45. The molecule has 2 heteroatoms. The third-order valence-corrected chi connectivity index (χ3v) is 5.43. The molecule has 0 aromatic rings. The first kappa shape index (κ1) is 12.0. The van der Waals surface area contributed by atoms with E-state index in [4.69, 9.17) is 0 Å². The monoisotopic (exact) mass is 236 g/mol. The molecule has 2 saturated carbocycles. The average molecular weight is 236 g/mol. The quantitative estimate of drug-likeness (QED) is 0.810. The summed E-state index contributed by atoms with van der Waals surface area (Å²) in [5.74, 6) is 3.25. The van der Waals surface area contributed by atoms with Crippen LogP contribution in [0, 0.1) is 17.8 Å². The van der Waals surface area contributed by atoms with E-state index in [1.165, 1.54) is 39.0 Å². The van der Waals surface area contributed by atoms with Crippen LogP contribution in [0.4, 0.5) is 0 Å². The van der Waals surface area contributed by atoms with Crippen molar-refractivity contribution < 1.29 is 0 Å². The summed E-state index contributed by atoms with van der Waals surface area (Å²) in [6, 6.07) is 0.746. The lowest BCUT2D eigenvalue weighted by Crippen LogP contribution is -2.40. The van der Waals surface area contributed by atoms with Gasteiger partial charge in [0.05, 0.1) is 0 Å². The number of nitrogens with zero attached hydrogens (tertiary/aromatic N) is 1. The fraction of sp³-hybridized carbons (Fsp3) is 1.00. The Bertz CT molecular complexity index is 253. The van der Waals surface area contributed by atoms with Gasteiger partial charge in [-0.05, 0) is 62.9 Å². The van der Waals surface area contributed by atoms with E-state index in [0.717, 1.165) is 23.8 Å². The number of hydrogen-bond donors (Lipinski definition) is 1. The van der Waals surface area contributed by atoms with Crippen LogP contribution >= 0.6 is 0 Å². The first-order valence-corrected chi connectivity index (χ1v) is 7.81. The van der Waals surface area contributed by atoms with E-state index < -0.39 is 0 Å². The summed E-state index contributed by atoms with van der Waals surface area (Å²) in [7, 11) is 0. The van der Waals surface area contributed by atoms with Crippen LogP contribution in [0.25, 0.3) is 0 Å². The zero-order valence-electron chi connectivity index (χ0n) is 11.3. The topological polar surface area (TPSA) is 15.3 Å². The van der Waals surface area contributed by atoms with Gasteiger partial charge in [0.25, 0.3) is 0 Å². The van der Waals surface area contributed by atoms with Crippen LogP contribution in [0.15, 0.2) is 0 Å². The van der Waals surface area contributed by atoms with Crippen molar-refractivity contribution in [2.24, 2.45) is 17.8 Å². The van der Waals surface area contributed by atoms with Gasteiger partial charge in [-0.25, -0.2) is 0 Å². The fourth-order valence-corrected chi connectivity index (χ4v) is 4.45. The Kier molecular flexibility index (Phi) is 3.72. The van der Waals surface area contributed by atoms with Gasteiger partial charge in [0, 0.05) is 19.1 Å². The molecular formula is C15H28N2. The van der Waals surface area contributed by atoms with Gasteiger partial charge in [0.2, 0.25) is 0 Å². The molecule has 2 bridgehead atoms. The Morgan fingerprint density at radius 3 is 2.88 bits per heavy atom. The van der Waals surface area contributed by atoms with Crippen LogP contribution in [0.1, 0.15) is 45.4 Å². The van der Waals surface area contributed by atoms with E-state index in [2.05, 4.69) is 17.1 Å². The van der Waals surface area contributed by atoms with Crippen molar-refractivity contribution in [1.29, 1.82) is 0 Å². The lowest BCUT2D eigenvalue weighted by molar-refractivity contribution is 0.186. The van der Waals surface area contributed by atoms with E-state index >= 15 is 0 Å². The van der Waals surface area contributed by atoms with E-state index in [-0.39, 0.29) is 0 Å². The van der Waals surface area contributed by atoms with Crippen LogP contribution in [0.5, 0.6) is 0 Å². The first-order valence-electron chi connectivity index (χ1n) is 7.81. The Balaban J connectivity index is 1.53. The van der Waals surface area contributed by atoms with E-state index in [0.29, 0.717) is 0 Å². The minimum absolute atomic E-state index is 0.746. The Morgan fingerprint density at radius 1 is 1.24 bits per heavy atom. The lowest BCUT2D eigenvalue weighted by Gasteiger charge is -2.30. The molecule has 17 heavy (non-hydrogen) atoms. The molecule has 4 unspecified atom stereocenters. The highest BCUT2D eigenvalue weighted by Gasteiger charge is 2.40. The first-order chi connectivity index (χ1) is 8.35. The molecule has 0 radical (unpaired) electrons. The molecule has 1 aliphatic heterocycles. The third kappa shape index (κ3) is 2.68. The van der Waals surface area contributed by atoms with Gasteiger partial charge in [-0.15, -0.1) is 0 Å². The molecule has 0 aromatic heterocycles. The third-order valence-electron chi connectivity index (χ3n) is 5.43. The number of fused-ring (bicyclic) bond motifs is 2. The Hall–Kier alpha value is -0.0800. The summed E-state index contributed by atoms with van der Waals surface area (Å²) < 4.78 is 0. The highest BCUT2D eigenvalue weighted by Crippen LogP contribution is 2.48. The second-order valence-electron chi connectivity index (χ2n) is 6.61. The van der Waals surface area contributed by atoms with Gasteiger partial charge in [0.1, 0.15) is 0 Å². The molecular weight excluding hydrogens is 208 g/mol. The van der Waals surface area contributed by atoms with Gasteiger partial charge in [-0.2, -0.15) is 0 Å². The zero-order valence-corrected chi connectivity index (χ0v) is 11.3. The summed E-state index contributed by atoms with van der Waals surface area (Å²) >= 11 is 0. The van der Waals surface area contributed by atoms with Gasteiger partial charge >= 0.3 is 0 Å². The molecule has 1 heterocycles. The van der Waals surface area contributed by atoms with Crippen molar-refractivity contribution in [3.05, 3.63) is 0 Å². The Labute approximate surface area is 106 Å². The van der Waals surface area contributed by atoms with E-state index in [1.54, 1.807) is 25.7 Å². The molecule has 4 atom stereocenters. The zero-order chi connectivity index (χ0) is 11.7. The molecule has 0 amide bonds. The van der Waals surface area contributed by atoms with Crippen LogP contribution in [0.3, 0.4) is 0 Å². The molecule has 3 rings (SSSR count). The highest BCUT2D eigenvalue weighted by atomic mass is 15.2. The predicted molar refractivity (Wildman–Crippen MR) is 72.1 cm³/mol. The number of hydrogen-bond acceptors (Lipinski definition) is 2. The van der Waals surface area contributed by atoms with E-state index in [9.17, 15) is 0 Å². The largest absolute Gasteiger partial charge is 0.313 e. The van der Waals surface area contributed by atoms with Crippen molar-refractivity contribution in [3.8, 4) is 0 Å². The van der Waals surface area contributed by atoms with E-state index in [1.807, 2.05) is 0 Å². The lowest BCUT2D eigenvalue weighted by atomic mass is 9.88. The summed E-state index contributed by atoms with van der Waals surface area (Å²) in [4.78, 5) is 2.76. The molecule has 2 nitrogen and oxygen atoms in total. The van der Waals surface area contributed by atoms with Crippen molar-refractivity contribution in [1.82, 2.24) is 10.2 Å². The second kappa shape index (κ2) is 5.27. The molecule has 3 aliphatic rings. The molecule has 1 saturated heterocycles. The maximum atomic E-state index is 3.68. The van der Waals surface area contributed by atoms with Gasteiger partial charge in [-0.1, -0.05) is 13.3 Å². The standard InChI is InChI=1S/C15H28N2/c1-2-15-11-17(7-3-6-16-15)10-14-9-12-4-5-13(14)8-12/h12-16H,2-11H2,1H3. The van der Waals surface area contributed by atoms with Crippen LogP contribution in [-0.4, -0.2) is 37.1 Å². The van der Waals surface area contributed by atoms with Crippen molar-refractivity contribution >= 4 is 0 Å². The highest BCUT2D eigenvalue weighted by molar-refractivity contribution is 4.91. The Morgan fingerprint density at radius 2 is 2.18 bits per heavy atom. The molecule has 1 N–H and O–H groups in total. The van der Waals surface area contributed by atoms with Gasteiger partial charge in [0.15, 0.2) is 0 Å². The smallest absolute Gasteiger partial charge is 0.0192 e. The molecule has 0 aromatic carbocycles. The maximum absolute atomic E-state index is 3.68. The SMILES string of the molecule is CCC1CN(CC2CC3CCC2C3)CCCN1. The summed E-state index contributed by atoms with van der Waals surface area (Å²) in [5, 5.41) is 3.68. The van der Waals surface area contributed by atoms with Crippen LogP contribution in [0.2, 0.25) is 0 Å². The van der Waals surface area contributed by atoms with Gasteiger partial charge in [-0.3, -0.25) is 0 Å². The van der Waals surface area contributed by atoms with Crippen molar-refractivity contribution in [3.63, 3.8) is 0 Å². The van der Waals surface area contributed by atoms with Gasteiger partial charge < -0.3 is 10.2 Å². The molecule has 98 valence electrons. The average Bonchev–Trinajstić information content (AvgIpc) is 2.87. The predicted octanol–water partition coefficient (Wildman–Crippen LogP) is 2.50. The maximum Gasteiger partial charge on any atom is 0.0192 e. The van der Waals surface area contributed by atoms with Crippen LogP contribution in [-0.2, 0) is 0 Å². The summed E-state index contributed by atoms with van der Waals surface area (Å²) in [6.07, 6.45) is 8.82. The summed E-state index contributed by atoms with van der Waals surface area (Å²) in [6.45, 7) is 7.57. The van der Waals surface area contributed by atoms with Crippen molar-refractivity contribution in [2.45, 2.75) is 51.5 Å². The molecule has 3 fully saturated rings. The van der Waals surface area contributed by atoms with Crippen LogP contribution < -0.4 is 5.32 Å². The number of nitrogens with one attached hydrogen (secondary N) is 1. The van der Waals surface area contributed by atoms with Crippen molar-refractivity contribution in [2.75, 3.05) is 26.2 Å². The minimum Gasteiger partial charge on any atom is -0.313 e. The molecule has 0 spiro atoms. The molecule has 2 aliphatic carbocycles.